The first-order chi connectivity index (χ1) is 12.5. The molecule has 0 spiro atoms. The predicted molar refractivity (Wildman–Crippen MR) is 93.6 cm³/mol. The highest BCUT2D eigenvalue weighted by Crippen LogP contribution is 2.38. The van der Waals surface area contributed by atoms with Gasteiger partial charge >= 0.3 is 0 Å². The van der Waals surface area contributed by atoms with Crippen LogP contribution in [-0.4, -0.2) is 16.9 Å². The Balaban J connectivity index is 1.78. The zero-order chi connectivity index (χ0) is 18.3. The summed E-state index contributed by atoms with van der Waals surface area (Å²) in [7, 11) is 0. The third kappa shape index (κ3) is 3.31. The SMILES string of the molecule is O=C1CC[C@H](/C=C(\c2ccc(F)c(F)c2)c2ccc(C3CC3)c(=O)[nH]2)N1. The Hall–Kier alpha value is -2.76. The van der Waals surface area contributed by atoms with E-state index in [1.165, 1.54) is 6.07 Å². The maximum atomic E-state index is 13.7. The number of benzene rings is 1. The monoisotopic (exact) mass is 356 g/mol. The fourth-order valence-electron chi connectivity index (χ4n) is 3.33. The van der Waals surface area contributed by atoms with Crippen molar-refractivity contribution in [2.75, 3.05) is 0 Å². The Morgan fingerprint density at radius 1 is 1.04 bits per heavy atom. The van der Waals surface area contributed by atoms with Crippen LogP contribution in [0.5, 0.6) is 0 Å². The molecule has 1 aliphatic heterocycles. The van der Waals surface area contributed by atoms with Gasteiger partial charge in [0.25, 0.3) is 5.56 Å². The Morgan fingerprint density at radius 2 is 1.85 bits per heavy atom. The summed E-state index contributed by atoms with van der Waals surface area (Å²) in [5, 5.41) is 2.83. The Kier molecular flexibility index (Phi) is 4.18. The van der Waals surface area contributed by atoms with Crippen molar-refractivity contribution in [3.8, 4) is 0 Å². The molecule has 4 nitrogen and oxygen atoms in total. The van der Waals surface area contributed by atoms with E-state index in [0.717, 1.165) is 30.5 Å². The summed E-state index contributed by atoms with van der Waals surface area (Å²) in [6.07, 6.45) is 4.87. The summed E-state index contributed by atoms with van der Waals surface area (Å²) >= 11 is 0. The van der Waals surface area contributed by atoms with Gasteiger partial charge in [0.2, 0.25) is 5.91 Å². The van der Waals surface area contributed by atoms with Crippen LogP contribution < -0.4 is 10.9 Å². The molecule has 1 aromatic heterocycles. The highest BCUT2D eigenvalue weighted by Gasteiger charge is 2.26. The number of carbonyl (C=O) groups is 1. The molecule has 1 amide bonds. The summed E-state index contributed by atoms with van der Waals surface area (Å²) in [5.74, 6) is -1.62. The molecule has 1 aromatic carbocycles. The third-order valence-corrected chi connectivity index (χ3v) is 4.87. The number of hydrogen-bond acceptors (Lipinski definition) is 2. The van der Waals surface area contributed by atoms with Crippen molar-refractivity contribution in [2.45, 2.75) is 37.6 Å². The van der Waals surface area contributed by atoms with Crippen LogP contribution in [0.4, 0.5) is 8.78 Å². The number of halogens is 2. The number of pyridine rings is 1. The van der Waals surface area contributed by atoms with E-state index in [1.54, 1.807) is 18.2 Å². The molecular formula is C20H18F2N2O2. The quantitative estimate of drug-likeness (QED) is 0.883. The Bertz CT molecular complexity index is 961. The molecule has 6 heteroatoms. The van der Waals surface area contributed by atoms with Gasteiger partial charge in [0.1, 0.15) is 0 Å². The van der Waals surface area contributed by atoms with E-state index in [9.17, 15) is 18.4 Å². The van der Waals surface area contributed by atoms with Gasteiger partial charge < -0.3 is 10.3 Å². The molecule has 1 saturated heterocycles. The lowest BCUT2D eigenvalue weighted by Gasteiger charge is -2.13. The lowest BCUT2D eigenvalue weighted by molar-refractivity contribution is -0.119. The van der Waals surface area contributed by atoms with E-state index in [1.807, 2.05) is 0 Å². The van der Waals surface area contributed by atoms with Crippen LogP contribution >= 0.6 is 0 Å². The highest BCUT2D eigenvalue weighted by molar-refractivity contribution is 5.82. The van der Waals surface area contributed by atoms with Crippen LogP contribution in [0.25, 0.3) is 5.57 Å². The van der Waals surface area contributed by atoms with Gasteiger partial charge in [-0.15, -0.1) is 0 Å². The lowest BCUT2D eigenvalue weighted by atomic mass is 9.98. The second-order valence-corrected chi connectivity index (χ2v) is 6.85. The zero-order valence-electron chi connectivity index (χ0n) is 14.0. The van der Waals surface area contributed by atoms with Gasteiger partial charge in [-0.2, -0.15) is 0 Å². The summed E-state index contributed by atoms with van der Waals surface area (Å²) in [4.78, 5) is 26.7. The maximum absolute atomic E-state index is 13.7. The first kappa shape index (κ1) is 16.7. The fraction of sp³-hybridized carbons (Fsp3) is 0.300. The smallest absolute Gasteiger partial charge is 0.251 e. The minimum Gasteiger partial charge on any atom is -0.350 e. The van der Waals surface area contributed by atoms with Gasteiger partial charge in [-0.1, -0.05) is 18.2 Å². The number of H-pyrrole nitrogens is 1. The van der Waals surface area contributed by atoms with E-state index in [2.05, 4.69) is 10.3 Å². The second-order valence-electron chi connectivity index (χ2n) is 6.85. The topological polar surface area (TPSA) is 62.0 Å². The molecule has 2 N–H and O–H groups in total. The maximum Gasteiger partial charge on any atom is 0.251 e. The molecule has 0 bridgehead atoms. The van der Waals surface area contributed by atoms with Crippen molar-refractivity contribution < 1.29 is 13.6 Å². The van der Waals surface area contributed by atoms with Crippen molar-refractivity contribution in [3.63, 3.8) is 0 Å². The average Bonchev–Trinajstić information content (AvgIpc) is 3.37. The van der Waals surface area contributed by atoms with Gasteiger partial charge in [0.05, 0.1) is 0 Å². The van der Waals surface area contributed by atoms with Gasteiger partial charge in [0.15, 0.2) is 11.6 Å². The average molecular weight is 356 g/mol. The van der Waals surface area contributed by atoms with Crippen LogP contribution in [-0.2, 0) is 4.79 Å². The third-order valence-electron chi connectivity index (χ3n) is 4.87. The number of carbonyl (C=O) groups excluding carboxylic acids is 1. The molecule has 1 saturated carbocycles. The standard InChI is InChI=1S/C20H18F2N2O2/c21-16-6-3-12(9-17(16)22)15(10-13-4-8-19(25)23-13)18-7-5-14(11-1-2-11)20(26)24-18/h3,5-7,9-11,13H,1-2,4,8H2,(H,23,25)(H,24,26)/b15-10+/t13-/m1/s1. The van der Waals surface area contributed by atoms with Gasteiger partial charge in [-0.05, 0) is 48.9 Å². The largest absolute Gasteiger partial charge is 0.350 e. The summed E-state index contributed by atoms with van der Waals surface area (Å²) < 4.78 is 27.1. The Labute approximate surface area is 148 Å². The number of nitrogens with one attached hydrogen (secondary N) is 2. The van der Waals surface area contributed by atoms with Crippen LogP contribution in [0.2, 0.25) is 0 Å². The molecule has 2 fully saturated rings. The summed E-state index contributed by atoms with van der Waals surface area (Å²) in [6, 6.07) is 7.00. The van der Waals surface area contributed by atoms with E-state index >= 15 is 0 Å². The zero-order valence-corrected chi connectivity index (χ0v) is 14.0. The van der Waals surface area contributed by atoms with E-state index in [0.29, 0.717) is 35.6 Å². The molecule has 26 heavy (non-hydrogen) atoms. The lowest BCUT2D eigenvalue weighted by Crippen LogP contribution is -2.23. The molecule has 134 valence electrons. The van der Waals surface area contributed by atoms with Crippen molar-refractivity contribution in [1.82, 2.24) is 10.3 Å². The van der Waals surface area contributed by atoms with Crippen molar-refractivity contribution >= 4 is 11.5 Å². The molecule has 2 aromatic rings. The number of hydrogen-bond donors (Lipinski definition) is 2. The number of aromatic amines is 1. The number of amides is 1. The first-order valence-corrected chi connectivity index (χ1v) is 8.71. The minimum absolute atomic E-state index is 0.0477. The van der Waals surface area contributed by atoms with Crippen molar-refractivity contribution in [1.29, 1.82) is 0 Å². The van der Waals surface area contributed by atoms with Crippen molar-refractivity contribution in [3.05, 3.63) is 75.2 Å². The van der Waals surface area contributed by atoms with Crippen LogP contribution in [0.15, 0.2) is 41.2 Å². The molecule has 4 rings (SSSR count). The van der Waals surface area contributed by atoms with Gasteiger partial charge in [-0.25, -0.2) is 8.78 Å². The highest BCUT2D eigenvalue weighted by atomic mass is 19.2. The molecule has 0 radical (unpaired) electrons. The van der Waals surface area contributed by atoms with E-state index < -0.39 is 11.6 Å². The second kappa shape index (κ2) is 6.52. The number of aromatic nitrogens is 1. The van der Waals surface area contributed by atoms with Gasteiger partial charge in [0, 0.05) is 29.3 Å². The molecule has 0 unspecified atom stereocenters. The molecule has 1 atom stereocenters. The van der Waals surface area contributed by atoms with E-state index in [4.69, 9.17) is 0 Å². The van der Waals surface area contributed by atoms with Gasteiger partial charge in [-0.3, -0.25) is 9.59 Å². The first-order valence-electron chi connectivity index (χ1n) is 8.71. The van der Waals surface area contributed by atoms with E-state index in [-0.39, 0.29) is 17.5 Å². The molecule has 2 aliphatic rings. The normalized spacial score (nSPS) is 20.3. The minimum atomic E-state index is -0.958. The molecule has 1 aliphatic carbocycles. The number of rotatable bonds is 4. The molecular weight excluding hydrogens is 338 g/mol. The van der Waals surface area contributed by atoms with Crippen LogP contribution in [0.3, 0.4) is 0 Å². The van der Waals surface area contributed by atoms with Crippen LogP contribution in [0, 0.1) is 11.6 Å². The summed E-state index contributed by atoms with van der Waals surface area (Å²) in [5.41, 5.74) is 2.13. The Morgan fingerprint density at radius 3 is 2.46 bits per heavy atom. The molecule has 2 heterocycles. The summed E-state index contributed by atoms with van der Waals surface area (Å²) in [6.45, 7) is 0. The fourth-order valence-corrected chi connectivity index (χ4v) is 3.33. The van der Waals surface area contributed by atoms with Crippen LogP contribution in [0.1, 0.15) is 48.4 Å². The van der Waals surface area contributed by atoms with Crippen molar-refractivity contribution in [2.24, 2.45) is 0 Å². The predicted octanol–water partition coefficient (Wildman–Crippen LogP) is 3.24.